The molecule has 6 nitrogen and oxygen atoms in total. The maximum Gasteiger partial charge on any atom is 0.315 e. The molecule has 8 heteroatoms. The van der Waals surface area contributed by atoms with Crippen molar-refractivity contribution in [3.8, 4) is 0 Å². The summed E-state index contributed by atoms with van der Waals surface area (Å²) in [7, 11) is 0. The quantitative estimate of drug-likeness (QED) is 0.660. The van der Waals surface area contributed by atoms with E-state index in [9.17, 15) is 18.4 Å². The summed E-state index contributed by atoms with van der Waals surface area (Å²) in [5.74, 6) is -1.21. The molecule has 0 unspecified atom stereocenters. The van der Waals surface area contributed by atoms with Gasteiger partial charge in [-0.25, -0.2) is 13.6 Å². The Morgan fingerprint density at radius 1 is 1.03 bits per heavy atom. The summed E-state index contributed by atoms with van der Waals surface area (Å²) >= 11 is 0. The first-order valence-corrected chi connectivity index (χ1v) is 12.2. The molecule has 2 aromatic carbocycles. The maximum atomic E-state index is 14.7. The highest BCUT2D eigenvalue weighted by atomic mass is 19.1. The van der Waals surface area contributed by atoms with Gasteiger partial charge in [-0.3, -0.25) is 4.79 Å². The van der Waals surface area contributed by atoms with Crippen LogP contribution in [0.3, 0.4) is 0 Å². The Morgan fingerprint density at radius 3 is 2.40 bits per heavy atom. The van der Waals surface area contributed by atoms with Crippen molar-refractivity contribution >= 4 is 17.5 Å². The number of carbonyl (C=O) groups is 2. The molecule has 0 spiro atoms. The minimum Gasteiger partial charge on any atom is -0.351 e. The van der Waals surface area contributed by atoms with Gasteiger partial charge >= 0.3 is 6.03 Å². The van der Waals surface area contributed by atoms with Crippen LogP contribution in [0, 0.1) is 17.6 Å². The molecule has 0 aromatic heterocycles. The molecule has 3 aliphatic rings. The van der Waals surface area contributed by atoms with Gasteiger partial charge in [0, 0.05) is 18.2 Å². The van der Waals surface area contributed by atoms with Crippen LogP contribution in [0.4, 0.5) is 13.6 Å². The molecule has 35 heavy (non-hydrogen) atoms. The largest absolute Gasteiger partial charge is 0.351 e. The summed E-state index contributed by atoms with van der Waals surface area (Å²) in [6, 6.07) is 11.0. The molecular weight excluding hydrogens is 450 g/mol. The molecule has 2 fully saturated rings. The van der Waals surface area contributed by atoms with Crippen LogP contribution in [0.25, 0.3) is 5.57 Å². The highest BCUT2D eigenvalue weighted by molar-refractivity contribution is 5.90. The van der Waals surface area contributed by atoms with Gasteiger partial charge in [0.2, 0.25) is 5.91 Å². The molecule has 0 radical (unpaired) electrons. The lowest BCUT2D eigenvalue weighted by Gasteiger charge is -2.41. The SMILES string of the molecule is NC(=O)N(C1CCNCC1)[C@H](C(=O)N1CC(c2cc(F)ccc2F)=C[C@H]1c1ccccc1)C1CC1. The summed E-state index contributed by atoms with van der Waals surface area (Å²) in [6.45, 7) is 1.66. The number of nitrogens with zero attached hydrogens (tertiary/aromatic N) is 2. The average molecular weight is 481 g/mol. The van der Waals surface area contributed by atoms with Crippen molar-refractivity contribution in [1.29, 1.82) is 0 Å². The fourth-order valence-corrected chi connectivity index (χ4v) is 5.43. The van der Waals surface area contributed by atoms with Gasteiger partial charge in [0.05, 0.1) is 6.04 Å². The Bertz CT molecular complexity index is 1130. The molecule has 5 rings (SSSR count). The second-order valence-corrected chi connectivity index (χ2v) is 9.65. The van der Waals surface area contributed by atoms with Crippen LogP contribution in [0.1, 0.15) is 42.9 Å². The van der Waals surface area contributed by atoms with Gasteiger partial charge in [-0.15, -0.1) is 0 Å². The molecular formula is C27H30F2N4O2. The van der Waals surface area contributed by atoms with Crippen molar-refractivity contribution in [2.24, 2.45) is 11.7 Å². The predicted octanol–water partition coefficient (Wildman–Crippen LogP) is 3.84. The topological polar surface area (TPSA) is 78.7 Å². The normalized spacial score (nSPS) is 21.5. The third-order valence-electron chi connectivity index (χ3n) is 7.31. The lowest BCUT2D eigenvalue weighted by Crippen LogP contribution is -2.59. The van der Waals surface area contributed by atoms with E-state index in [1.165, 1.54) is 6.07 Å². The molecule has 2 aliphatic heterocycles. The van der Waals surface area contributed by atoms with Crippen molar-refractivity contribution in [1.82, 2.24) is 15.1 Å². The van der Waals surface area contributed by atoms with E-state index in [0.717, 1.165) is 56.5 Å². The van der Waals surface area contributed by atoms with Gasteiger partial charge in [0.25, 0.3) is 0 Å². The van der Waals surface area contributed by atoms with E-state index in [1.54, 1.807) is 9.80 Å². The number of amides is 3. The number of urea groups is 1. The number of hydrogen-bond acceptors (Lipinski definition) is 3. The van der Waals surface area contributed by atoms with Gasteiger partial charge in [0.1, 0.15) is 17.7 Å². The second kappa shape index (κ2) is 9.77. The molecule has 1 saturated carbocycles. The Hall–Kier alpha value is -3.26. The first-order valence-electron chi connectivity index (χ1n) is 12.2. The predicted molar refractivity (Wildman–Crippen MR) is 129 cm³/mol. The van der Waals surface area contributed by atoms with Crippen molar-refractivity contribution in [2.45, 2.75) is 43.8 Å². The number of nitrogens with two attached hydrogens (primary N) is 1. The van der Waals surface area contributed by atoms with Crippen LogP contribution in [-0.4, -0.2) is 53.5 Å². The first kappa shape index (κ1) is 23.5. The van der Waals surface area contributed by atoms with E-state index in [1.807, 2.05) is 36.4 Å². The summed E-state index contributed by atoms with van der Waals surface area (Å²) in [6.07, 6.45) is 5.01. The fourth-order valence-electron chi connectivity index (χ4n) is 5.43. The molecule has 2 heterocycles. The number of primary amides is 1. The lowest BCUT2D eigenvalue weighted by atomic mass is 9.99. The Morgan fingerprint density at radius 2 is 1.74 bits per heavy atom. The van der Waals surface area contributed by atoms with Gasteiger partial charge in [-0.2, -0.15) is 0 Å². The van der Waals surface area contributed by atoms with Crippen LogP contribution in [0.5, 0.6) is 0 Å². The summed E-state index contributed by atoms with van der Waals surface area (Å²) < 4.78 is 28.6. The molecule has 184 valence electrons. The summed E-state index contributed by atoms with van der Waals surface area (Å²) in [5, 5.41) is 3.29. The minimum atomic E-state index is -0.660. The molecule has 0 bridgehead atoms. The second-order valence-electron chi connectivity index (χ2n) is 9.65. The third-order valence-corrected chi connectivity index (χ3v) is 7.31. The zero-order valence-corrected chi connectivity index (χ0v) is 19.5. The number of carbonyl (C=O) groups excluding carboxylic acids is 2. The van der Waals surface area contributed by atoms with E-state index in [0.29, 0.717) is 5.57 Å². The van der Waals surface area contributed by atoms with E-state index >= 15 is 0 Å². The van der Waals surface area contributed by atoms with Crippen molar-refractivity contribution in [3.05, 3.63) is 77.4 Å². The molecule has 1 aliphatic carbocycles. The van der Waals surface area contributed by atoms with Crippen molar-refractivity contribution in [2.75, 3.05) is 19.6 Å². The van der Waals surface area contributed by atoms with Crippen LogP contribution in [-0.2, 0) is 4.79 Å². The number of hydrogen-bond donors (Lipinski definition) is 2. The van der Waals surface area contributed by atoms with Gasteiger partial charge in [0.15, 0.2) is 0 Å². The molecule has 3 N–H and O–H groups in total. The summed E-state index contributed by atoms with van der Waals surface area (Å²) in [4.78, 5) is 30.1. The number of benzene rings is 2. The number of rotatable bonds is 6. The standard InChI is InChI=1S/C27H30F2N4O2/c28-20-8-9-23(29)22(15-20)19-14-24(17-4-2-1-3-5-17)32(16-19)26(34)25(18-6-7-18)33(27(30)35)21-10-12-31-13-11-21/h1-5,8-9,14-15,18,21,24-25,31H,6-7,10-13,16H2,(H2,30,35)/t24-,25-/m0/s1. The van der Waals surface area contributed by atoms with Gasteiger partial charge in [-0.1, -0.05) is 36.4 Å². The molecule has 2 atom stereocenters. The third kappa shape index (κ3) is 4.80. The smallest absolute Gasteiger partial charge is 0.315 e. The summed E-state index contributed by atoms with van der Waals surface area (Å²) in [5.41, 5.74) is 7.43. The Balaban J connectivity index is 1.51. The van der Waals surface area contributed by atoms with Crippen LogP contribution < -0.4 is 11.1 Å². The molecule has 1 saturated heterocycles. The lowest BCUT2D eigenvalue weighted by molar-refractivity contribution is -0.138. The highest BCUT2D eigenvalue weighted by Gasteiger charge is 2.48. The van der Waals surface area contributed by atoms with Crippen molar-refractivity contribution in [3.63, 3.8) is 0 Å². The average Bonchev–Trinajstić information content (AvgIpc) is 3.61. The Labute approximate surface area is 203 Å². The maximum absolute atomic E-state index is 14.7. The van der Waals surface area contributed by atoms with E-state index < -0.39 is 29.7 Å². The van der Waals surface area contributed by atoms with E-state index in [-0.39, 0.29) is 30.0 Å². The molecule has 3 amide bonds. The van der Waals surface area contributed by atoms with Crippen molar-refractivity contribution < 1.29 is 18.4 Å². The zero-order chi connectivity index (χ0) is 24.5. The number of piperidine rings is 1. The Kier molecular flexibility index (Phi) is 6.56. The van der Waals surface area contributed by atoms with Gasteiger partial charge < -0.3 is 20.9 Å². The van der Waals surface area contributed by atoms with Crippen LogP contribution >= 0.6 is 0 Å². The fraction of sp³-hybridized carbons (Fsp3) is 0.407. The van der Waals surface area contributed by atoms with E-state index in [4.69, 9.17) is 5.73 Å². The number of halogens is 2. The molecule has 2 aromatic rings. The highest BCUT2D eigenvalue weighted by Crippen LogP contribution is 2.42. The van der Waals surface area contributed by atoms with Gasteiger partial charge in [-0.05, 0) is 74.0 Å². The van der Waals surface area contributed by atoms with Crippen LogP contribution in [0.2, 0.25) is 0 Å². The first-order chi connectivity index (χ1) is 16.9. The monoisotopic (exact) mass is 480 g/mol. The minimum absolute atomic E-state index is 0.0521. The number of nitrogens with one attached hydrogen (secondary N) is 1. The van der Waals surface area contributed by atoms with E-state index in [2.05, 4.69) is 5.32 Å². The van der Waals surface area contributed by atoms with Crippen LogP contribution in [0.15, 0.2) is 54.6 Å². The zero-order valence-electron chi connectivity index (χ0n) is 19.5.